The molecule has 1 aromatic heterocycles. The number of aromatic nitrogens is 2. The third kappa shape index (κ3) is 4.71. The molecule has 0 saturated heterocycles. The molecule has 168 valence electrons. The lowest BCUT2D eigenvalue weighted by atomic mass is 10.1. The van der Waals surface area contributed by atoms with Crippen LogP contribution in [0.15, 0.2) is 46.0 Å². The lowest BCUT2D eigenvalue weighted by Crippen LogP contribution is -2.32. The van der Waals surface area contributed by atoms with Gasteiger partial charge in [-0.15, -0.1) is 0 Å². The number of carbonyl (C=O) groups excluding carboxylic acids is 1. The van der Waals surface area contributed by atoms with Crippen molar-refractivity contribution in [2.75, 3.05) is 7.11 Å². The van der Waals surface area contributed by atoms with Crippen molar-refractivity contribution in [1.82, 2.24) is 9.78 Å². The van der Waals surface area contributed by atoms with Crippen LogP contribution in [0.5, 0.6) is 11.5 Å². The van der Waals surface area contributed by atoms with Gasteiger partial charge < -0.3 is 14.2 Å². The SMILES string of the molecule is COc1cc(COC(=O)Cn2[nH]c(=O)c3ccccc3c2=O)c([N+](=O)[O-])cc1OC(F)F. The predicted octanol–water partition coefficient (Wildman–Crippen LogP) is 1.95. The number of nitro benzene ring substituents is 1. The van der Waals surface area contributed by atoms with E-state index in [9.17, 15) is 33.3 Å². The van der Waals surface area contributed by atoms with Gasteiger partial charge in [0.25, 0.3) is 16.8 Å². The Balaban J connectivity index is 1.82. The average molecular weight is 451 g/mol. The summed E-state index contributed by atoms with van der Waals surface area (Å²) < 4.78 is 39.9. The molecule has 0 amide bonds. The first-order chi connectivity index (χ1) is 15.2. The summed E-state index contributed by atoms with van der Waals surface area (Å²) in [4.78, 5) is 47.2. The number of halogens is 2. The zero-order valence-electron chi connectivity index (χ0n) is 16.4. The number of benzene rings is 2. The van der Waals surface area contributed by atoms with Crippen LogP contribution in [0.4, 0.5) is 14.5 Å². The Labute approximate surface area is 176 Å². The number of esters is 1. The van der Waals surface area contributed by atoms with Crippen LogP contribution in [-0.4, -0.2) is 34.4 Å². The van der Waals surface area contributed by atoms with E-state index in [-0.39, 0.29) is 22.1 Å². The molecule has 0 saturated carbocycles. The topological polar surface area (TPSA) is 143 Å². The number of ether oxygens (including phenoxy) is 3. The van der Waals surface area contributed by atoms with E-state index in [4.69, 9.17) is 9.47 Å². The number of H-pyrrole nitrogens is 1. The highest BCUT2D eigenvalue weighted by molar-refractivity contribution is 5.80. The molecule has 3 rings (SSSR count). The van der Waals surface area contributed by atoms with E-state index in [2.05, 4.69) is 9.84 Å². The van der Waals surface area contributed by atoms with E-state index < -0.39 is 53.2 Å². The average Bonchev–Trinajstić information content (AvgIpc) is 2.75. The number of hydrogen-bond donors (Lipinski definition) is 1. The first-order valence-corrected chi connectivity index (χ1v) is 8.89. The van der Waals surface area contributed by atoms with E-state index >= 15 is 0 Å². The smallest absolute Gasteiger partial charge is 0.387 e. The van der Waals surface area contributed by atoms with Crippen LogP contribution in [0.25, 0.3) is 10.8 Å². The minimum Gasteiger partial charge on any atom is -0.493 e. The summed E-state index contributed by atoms with van der Waals surface area (Å²) in [6, 6.07) is 7.75. The summed E-state index contributed by atoms with van der Waals surface area (Å²) in [6.45, 7) is -4.54. The first kappa shape index (κ1) is 22.4. The fourth-order valence-corrected chi connectivity index (χ4v) is 2.92. The van der Waals surface area contributed by atoms with E-state index in [1.165, 1.54) is 12.1 Å². The summed E-state index contributed by atoms with van der Waals surface area (Å²) >= 11 is 0. The van der Waals surface area contributed by atoms with Gasteiger partial charge in [-0.05, 0) is 18.2 Å². The molecule has 11 nitrogen and oxygen atoms in total. The molecular formula is C19H15F2N3O8. The molecule has 1 heterocycles. The summed E-state index contributed by atoms with van der Waals surface area (Å²) in [5.41, 5.74) is -2.05. The number of rotatable bonds is 8. The molecule has 0 fully saturated rings. The molecule has 0 atom stereocenters. The Hall–Kier alpha value is -4.29. The van der Waals surface area contributed by atoms with Crippen molar-refractivity contribution in [3.05, 3.63) is 72.8 Å². The highest BCUT2D eigenvalue weighted by Gasteiger charge is 2.23. The molecule has 0 radical (unpaired) electrons. The number of nitro groups is 1. The molecule has 0 spiro atoms. The second-order valence-corrected chi connectivity index (χ2v) is 6.31. The minimum atomic E-state index is -3.24. The van der Waals surface area contributed by atoms with Gasteiger partial charge in [0.05, 0.1) is 34.4 Å². The first-order valence-electron chi connectivity index (χ1n) is 8.89. The third-order valence-corrected chi connectivity index (χ3v) is 4.34. The standard InChI is InChI=1S/C19H15F2N3O8/c1-30-14-6-10(13(24(28)29)7-15(14)32-19(20)21)9-31-16(25)8-23-18(27)12-5-3-2-4-11(12)17(26)22-23/h2-7,19H,8-9H2,1H3,(H,22,26). The van der Waals surface area contributed by atoms with Gasteiger partial charge in [0.15, 0.2) is 11.5 Å². The molecule has 0 unspecified atom stereocenters. The van der Waals surface area contributed by atoms with Gasteiger partial charge in [-0.1, -0.05) is 12.1 Å². The monoisotopic (exact) mass is 451 g/mol. The van der Waals surface area contributed by atoms with Crippen LogP contribution in [0.1, 0.15) is 5.56 Å². The second kappa shape index (κ2) is 9.24. The van der Waals surface area contributed by atoms with Crippen molar-refractivity contribution in [1.29, 1.82) is 0 Å². The molecule has 0 aliphatic carbocycles. The highest BCUT2D eigenvalue weighted by atomic mass is 19.3. The van der Waals surface area contributed by atoms with E-state index in [1.54, 1.807) is 12.1 Å². The maximum atomic E-state index is 12.5. The van der Waals surface area contributed by atoms with Gasteiger partial charge in [0, 0.05) is 0 Å². The summed E-state index contributed by atoms with van der Waals surface area (Å²) in [7, 11) is 1.14. The highest BCUT2D eigenvalue weighted by Crippen LogP contribution is 2.36. The number of aromatic amines is 1. The van der Waals surface area contributed by atoms with Crippen LogP contribution in [-0.2, 0) is 22.7 Å². The lowest BCUT2D eigenvalue weighted by Gasteiger charge is -2.12. The number of nitrogens with zero attached hydrogens (tertiary/aromatic N) is 2. The molecule has 0 bridgehead atoms. The van der Waals surface area contributed by atoms with E-state index in [0.29, 0.717) is 0 Å². The van der Waals surface area contributed by atoms with Gasteiger partial charge in [-0.2, -0.15) is 8.78 Å². The van der Waals surface area contributed by atoms with Crippen LogP contribution < -0.4 is 20.6 Å². The lowest BCUT2D eigenvalue weighted by molar-refractivity contribution is -0.386. The number of methoxy groups -OCH3 is 1. The maximum absolute atomic E-state index is 12.5. The molecule has 2 aromatic carbocycles. The molecule has 13 heteroatoms. The van der Waals surface area contributed by atoms with Gasteiger partial charge in [-0.25, -0.2) is 4.68 Å². The number of hydrogen-bond acceptors (Lipinski definition) is 8. The van der Waals surface area contributed by atoms with Crippen LogP contribution in [0.3, 0.4) is 0 Å². The molecular weight excluding hydrogens is 436 g/mol. The number of fused-ring (bicyclic) bond motifs is 1. The Morgan fingerprint density at radius 1 is 1.19 bits per heavy atom. The summed E-state index contributed by atoms with van der Waals surface area (Å²) in [6.07, 6.45) is 0. The van der Waals surface area contributed by atoms with E-state index in [0.717, 1.165) is 23.9 Å². The fourth-order valence-electron chi connectivity index (χ4n) is 2.92. The molecule has 0 aliphatic rings. The fraction of sp³-hybridized carbons (Fsp3) is 0.211. The summed E-state index contributed by atoms with van der Waals surface area (Å²) in [5, 5.41) is 13.8. The van der Waals surface area contributed by atoms with Crippen LogP contribution >= 0.6 is 0 Å². The second-order valence-electron chi connectivity index (χ2n) is 6.31. The van der Waals surface area contributed by atoms with Gasteiger partial charge in [0.2, 0.25) is 0 Å². The largest absolute Gasteiger partial charge is 0.493 e. The Kier molecular flexibility index (Phi) is 6.47. The van der Waals surface area contributed by atoms with Crippen LogP contribution in [0, 0.1) is 10.1 Å². The number of carbonyl (C=O) groups is 1. The van der Waals surface area contributed by atoms with Gasteiger partial charge >= 0.3 is 12.6 Å². The quantitative estimate of drug-likeness (QED) is 0.311. The van der Waals surface area contributed by atoms with Crippen molar-refractivity contribution in [3.8, 4) is 11.5 Å². The Morgan fingerprint density at radius 3 is 2.50 bits per heavy atom. The van der Waals surface area contributed by atoms with Crippen molar-refractivity contribution < 1.29 is 32.7 Å². The number of nitrogens with one attached hydrogen (secondary N) is 1. The molecule has 0 aliphatic heterocycles. The van der Waals surface area contributed by atoms with E-state index in [1.807, 2.05) is 0 Å². The number of alkyl halides is 2. The van der Waals surface area contributed by atoms with Gasteiger partial charge in [0.1, 0.15) is 13.2 Å². The zero-order valence-corrected chi connectivity index (χ0v) is 16.4. The molecule has 1 N–H and O–H groups in total. The molecule has 32 heavy (non-hydrogen) atoms. The summed E-state index contributed by atoms with van der Waals surface area (Å²) in [5.74, 6) is -1.79. The van der Waals surface area contributed by atoms with Crippen molar-refractivity contribution in [3.63, 3.8) is 0 Å². The van der Waals surface area contributed by atoms with Crippen LogP contribution in [0.2, 0.25) is 0 Å². The predicted molar refractivity (Wildman–Crippen MR) is 105 cm³/mol. The van der Waals surface area contributed by atoms with Crippen molar-refractivity contribution in [2.24, 2.45) is 0 Å². The third-order valence-electron chi connectivity index (χ3n) is 4.34. The van der Waals surface area contributed by atoms with Gasteiger partial charge in [-0.3, -0.25) is 29.6 Å². The Bertz CT molecular complexity index is 1300. The van der Waals surface area contributed by atoms with Crippen molar-refractivity contribution >= 4 is 22.4 Å². The Morgan fingerprint density at radius 2 is 1.88 bits per heavy atom. The maximum Gasteiger partial charge on any atom is 0.387 e. The normalized spacial score (nSPS) is 10.9. The molecule has 3 aromatic rings. The minimum absolute atomic E-state index is 0.0963. The zero-order chi connectivity index (χ0) is 23.4. The van der Waals surface area contributed by atoms with Crippen molar-refractivity contribution in [2.45, 2.75) is 19.8 Å².